The molecule has 29 heavy (non-hydrogen) atoms. The zero-order chi connectivity index (χ0) is 20.9. The molecule has 0 aliphatic heterocycles. The van der Waals surface area contributed by atoms with Gasteiger partial charge in [-0.15, -0.1) is 0 Å². The first-order valence-corrected chi connectivity index (χ1v) is 10.4. The van der Waals surface area contributed by atoms with Gasteiger partial charge in [0.2, 0.25) is 9.84 Å². The third kappa shape index (κ3) is 4.43. The Morgan fingerprint density at radius 3 is 2.41 bits per heavy atom. The van der Waals surface area contributed by atoms with E-state index in [-0.39, 0.29) is 16.2 Å². The van der Waals surface area contributed by atoms with Crippen LogP contribution in [0.25, 0.3) is 17.3 Å². The van der Waals surface area contributed by atoms with Gasteiger partial charge < -0.3 is 0 Å². The Bertz CT molecular complexity index is 1230. The van der Waals surface area contributed by atoms with Crippen LogP contribution >= 0.6 is 0 Å². The fourth-order valence-electron chi connectivity index (χ4n) is 2.80. The summed E-state index contributed by atoms with van der Waals surface area (Å²) in [5, 5.41) is 22.9. The number of hydrogen-bond donors (Lipinski definition) is 0. The van der Waals surface area contributed by atoms with Crippen molar-refractivity contribution in [1.29, 1.82) is 10.5 Å². The molecule has 0 aliphatic rings. The summed E-state index contributed by atoms with van der Waals surface area (Å²) in [6.07, 6.45) is 3.26. The van der Waals surface area contributed by atoms with Crippen molar-refractivity contribution >= 4 is 15.9 Å². The lowest BCUT2D eigenvalue weighted by Gasteiger charge is -2.04. The lowest BCUT2D eigenvalue weighted by atomic mass is 10.1. The summed E-state index contributed by atoms with van der Waals surface area (Å²) < 4.78 is 27.5. The van der Waals surface area contributed by atoms with Crippen molar-refractivity contribution in [3.8, 4) is 23.4 Å². The number of aromatic nitrogens is 2. The first-order chi connectivity index (χ1) is 14.0. The molecule has 0 bridgehead atoms. The van der Waals surface area contributed by atoms with E-state index in [9.17, 15) is 13.7 Å². The molecule has 3 aromatic rings. The van der Waals surface area contributed by atoms with Crippen LogP contribution in [-0.2, 0) is 16.4 Å². The molecule has 0 atom stereocenters. The highest BCUT2D eigenvalue weighted by Gasteiger charge is 2.22. The van der Waals surface area contributed by atoms with Crippen molar-refractivity contribution in [2.24, 2.45) is 0 Å². The number of sulfone groups is 1. The minimum Gasteiger partial charge on any atom is -0.270 e. The number of allylic oxidation sites excluding steroid dienone is 1. The van der Waals surface area contributed by atoms with Crippen molar-refractivity contribution in [3.63, 3.8) is 0 Å². The molecule has 1 aromatic heterocycles. The van der Waals surface area contributed by atoms with Gasteiger partial charge in [-0.05, 0) is 25.1 Å². The van der Waals surface area contributed by atoms with E-state index < -0.39 is 9.84 Å². The Hall–Kier alpha value is -3.68. The van der Waals surface area contributed by atoms with Gasteiger partial charge in [0.25, 0.3) is 0 Å². The second-order valence-corrected chi connectivity index (χ2v) is 8.33. The molecule has 0 spiro atoms. The lowest BCUT2D eigenvalue weighted by Crippen LogP contribution is -2.03. The van der Waals surface area contributed by atoms with E-state index in [1.807, 2.05) is 43.3 Å². The van der Waals surface area contributed by atoms with Crippen LogP contribution in [0, 0.1) is 29.6 Å². The maximum Gasteiger partial charge on any atom is 0.216 e. The molecule has 0 unspecified atom stereocenters. The van der Waals surface area contributed by atoms with E-state index in [4.69, 9.17) is 5.26 Å². The third-order valence-corrected chi connectivity index (χ3v) is 5.99. The smallest absolute Gasteiger partial charge is 0.216 e. The molecule has 2 aromatic carbocycles. The molecule has 144 valence electrons. The molecule has 0 aliphatic carbocycles. The fraction of sp³-hybridized carbons (Fsp3) is 0.136. The molecule has 0 amide bonds. The molecule has 0 fully saturated rings. The van der Waals surface area contributed by atoms with Crippen LogP contribution in [0.4, 0.5) is 0 Å². The average Bonchev–Trinajstić information content (AvgIpc) is 3.14. The lowest BCUT2D eigenvalue weighted by molar-refractivity contribution is 0.603. The van der Waals surface area contributed by atoms with Crippen LogP contribution in [-0.4, -0.2) is 18.2 Å². The minimum absolute atomic E-state index is 0.0639. The zero-order valence-electron chi connectivity index (χ0n) is 15.8. The van der Waals surface area contributed by atoms with Gasteiger partial charge in [0.1, 0.15) is 11.0 Å². The maximum atomic E-state index is 12.9. The molecule has 0 radical (unpaired) electrons. The van der Waals surface area contributed by atoms with Gasteiger partial charge >= 0.3 is 0 Å². The van der Waals surface area contributed by atoms with Gasteiger partial charge in [-0.2, -0.15) is 15.6 Å². The molecule has 0 N–H and O–H groups in total. The van der Waals surface area contributed by atoms with Crippen LogP contribution in [0.1, 0.15) is 17.5 Å². The molecular weight excluding hydrogens is 384 g/mol. The highest BCUT2D eigenvalue weighted by molar-refractivity contribution is 7.95. The topological polar surface area (TPSA) is 99.5 Å². The van der Waals surface area contributed by atoms with E-state index in [0.29, 0.717) is 17.8 Å². The van der Waals surface area contributed by atoms with Gasteiger partial charge in [-0.25, -0.2) is 8.42 Å². The SMILES string of the molecule is Cc1ccc(S(=O)(=O)/C(C#N)=C/c2cn(CCC#N)nc2-c2ccccc2)cc1. The second kappa shape index (κ2) is 8.55. The molecule has 0 saturated heterocycles. The van der Waals surface area contributed by atoms with Gasteiger partial charge in [0.05, 0.1) is 29.6 Å². The standard InChI is InChI=1S/C22H18N4O2S/c1-17-8-10-20(11-9-17)29(27,28)21(15-24)14-19-16-26(13-5-12-23)25-22(19)18-6-3-2-4-7-18/h2-4,6-11,14,16H,5,13H2,1H3/b21-14+. The quantitative estimate of drug-likeness (QED) is 0.578. The number of benzene rings is 2. The molecule has 6 nitrogen and oxygen atoms in total. The van der Waals surface area contributed by atoms with E-state index in [2.05, 4.69) is 11.2 Å². The summed E-state index contributed by atoms with van der Waals surface area (Å²) in [4.78, 5) is -0.299. The Balaban J connectivity index is 2.11. The summed E-state index contributed by atoms with van der Waals surface area (Å²) >= 11 is 0. The Labute approximate surface area is 169 Å². The maximum absolute atomic E-state index is 12.9. The van der Waals surface area contributed by atoms with E-state index in [1.54, 1.807) is 23.0 Å². The monoisotopic (exact) mass is 402 g/mol. The number of nitrogens with zero attached hydrogens (tertiary/aromatic N) is 4. The first-order valence-electron chi connectivity index (χ1n) is 8.89. The second-order valence-electron chi connectivity index (χ2n) is 6.41. The molecule has 1 heterocycles. The van der Waals surface area contributed by atoms with Crippen molar-refractivity contribution in [1.82, 2.24) is 9.78 Å². The predicted molar refractivity (Wildman–Crippen MR) is 110 cm³/mol. The first kappa shape index (κ1) is 20.1. The summed E-state index contributed by atoms with van der Waals surface area (Å²) in [6, 6.07) is 19.5. The zero-order valence-corrected chi connectivity index (χ0v) is 16.6. The highest BCUT2D eigenvalue weighted by Crippen LogP contribution is 2.27. The summed E-state index contributed by atoms with van der Waals surface area (Å²) in [7, 11) is -3.96. The van der Waals surface area contributed by atoms with Crippen LogP contribution < -0.4 is 0 Å². The van der Waals surface area contributed by atoms with Crippen molar-refractivity contribution in [3.05, 3.63) is 76.8 Å². The molecule has 7 heteroatoms. The number of aryl methyl sites for hydroxylation is 2. The van der Waals surface area contributed by atoms with Crippen LogP contribution in [0.15, 0.2) is 70.6 Å². The van der Waals surface area contributed by atoms with Gasteiger partial charge in [0.15, 0.2) is 0 Å². The van der Waals surface area contributed by atoms with Crippen LogP contribution in [0.5, 0.6) is 0 Å². The largest absolute Gasteiger partial charge is 0.270 e. The van der Waals surface area contributed by atoms with Gasteiger partial charge in [-0.1, -0.05) is 48.0 Å². The van der Waals surface area contributed by atoms with Crippen molar-refractivity contribution < 1.29 is 8.42 Å². The van der Waals surface area contributed by atoms with E-state index in [1.165, 1.54) is 18.2 Å². The summed E-state index contributed by atoms with van der Waals surface area (Å²) in [5.41, 5.74) is 2.77. The Kier molecular flexibility index (Phi) is 5.92. The van der Waals surface area contributed by atoms with Gasteiger partial charge in [0, 0.05) is 17.3 Å². The fourth-order valence-corrected chi connectivity index (χ4v) is 3.95. The molecule has 3 rings (SSSR count). The molecule has 0 saturated carbocycles. The van der Waals surface area contributed by atoms with E-state index in [0.717, 1.165) is 11.1 Å². The predicted octanol–water partition coefficient (Wildman–Crippen LogP) is 4.11. The van der Waals surface area contributed by atoms with Crippen molar-refractivity contribution in [2.75, 3.05) is 0 Å². The molecular formula is C22H18N4O2S. The number of nitriles is 2. The normalized spacial score (nSPS) is 11.6. The van der Waals surface area contributed by atoms with Crippen molar-refractivity contribution in [2.45, 2.75) is 24.8 Å². The van der Waals surface area contributed by atoms with E-state index >= 15 is 0 Å². The third-order valence-electron chi connectivity index (χ3n) is 4.31. The number of hydrogen-bond acceptors (Lipinski definition) is 5. The summed E-state index contributed by atoms with van der Waals surface area (Å²) in [6.45, 7) is 2.23. The van der Waals surface area contributed by atoms with Crippen LogP contribution in [0.3, 0.4) is 0 Å². The number of rotatable bonds is 6. The van der Waals surface area contributed by atoms with Crippen LogP contribution in [0.2, 0.25) is 0 Å². The highest BCUT2D eigenvalue weighted by atomic mass is 32.2. The minimum atomic E-state index is -3.96. The Morgan fingerprint density at radius 2 is 1.79 bits per heavy atom. The average molecular weight is 402 g/mol. The van der Waals surface area contributed by atoms with Gasteiger partial charge in [-0.3, -0.25) is 4.68 Å². The Morgan fingerprint density at radius 1 is 1.10 bits per heavy atom. The summed E-state index contributed by atoms with van der Waals surface area (Å²) in [5.74, 6) is 0.